The number of hydrogen-bond acceptors (Lipinski definition) is 1. The lowest BCUT2D eigenvalue weighted by Crippen LogP contribution is -1.94. The summed E-state index contributed by atoms with van der Waals surface area (Å²) in [5.41, 5.74) is 10.6. The lowest BCUT2D eigenvalue weighted by Gasteiger charge is -2.13. The highest BCUT2D eigenvalue weighted by molar-refractivity contribution is 6.30. The van der Waals surface area contributed by atoms with E-state index in [9.17, 15) is 0 Å². The summed E-state index contributed by atoms with van der Waals surface area (Å²) < 4.78 is 8.68. The van der Waals surface area contributed by atoms with E-state index in [1.165, 1.54) is 54.8 Å². The van der Waals surface area contributed by atoms with Crippen molar-refractivity contribution in [1.29, 1.82) is 0 Å². The van der Waals surface area contributed by atoms with Crippen LogP contribution in [0.25, 0.3) is 82.5 Å². The molecule has 6 aromatic carbocycles. The van der Waals surface area contributed by atoms with Gasteiger partial charge in [-0.2, -0.15) is 0 Å². The standard InChI is InChI=1S/C34H19NO/c1-2-9-23-22(8-1)26-11-5-7-20-15-18-29-34(32(20)26)33-27(23)12-6-13-28(33)35(29)21-16-17-25-24-10-3-4-14-30(24)36-31(25)19-21/h1-19H. The summed E-state index contributed by atoms with van der Waals surface area (Å²) >= 11 is 0. The molecule has 0 unspecified atom stereocenters. The average Bonchev–Trinajstić information content (AvgIpc) is 3.44. The van der Waals surface area contributed by atoms with Crippen LogP contribution in [0.5, 0.6) is 0 Å². The van der Waals surface area contributed by atoms with E-state index in [-0.39, 0.29) is 0 Å². The fraction of sp³-hybridized carbons (Fsp3) is 0. The molecule has 36 heavy (non-hydrogen) atoms. The van der Waals surface area contributed by atoms with Gasteiger partial charge in [-0.25, -0.2) is 0 Å². The average molecular weight is 458 g/mol. The van der Waals surface area contributed by atoms with E-state index in [2.05, 4.69) is 108 Å². The zero-order chi connectivity index (χ0) is 23.4. The summed E-state index contributed by atoms with van der Waals surface area (Å²) in [6, 6.07) is 41.7. The molecule has 0 aliphatic heterocycles. The Kier molecular flexibility index (Phi) is 3.31. The first kappa shape index (κ1) is 18.5. The maximum atomic E-state index is 6.27. The molecule has 1 aliphatic rings. The van der Waals surface area contributed by atoms with Crippen molar-refractivity contribution >= 4 is 54.5 Å². The van der Waals surface area contributed by atoms with Gasteiger partial charge < -0.3 is 8.98 Å². The van der Waals surface area contributed by atoms with Gasteiger partial charge in [0, 0.05) is 33.3 Å². The topological polar surface area (TPSA) is 18.1 Å². The fourth-order valence-corrected chi connectivity index (χ4v) is 6.46. The maximum Gasteiger partial charge on any atom is 0.137 e. The molecule has 1 aliphatic carbocycles. The smallest absolute Gasteiger partial charge is 0.137 e. The normalized spacial score (nSPS) is 12.4. The molecule has 9 rings (SSSR count). The predicted molar refractivity (Wildman–Crippen MR) is 150 cm³/mol. The highest BCUT2D eigenvalue weighted by Crippen LogP contribution is 2.49. The minimum absolute atomic E-state index is 0.916. The fourth-order valence-electron chi connectivity index (χ4n) is 6.46. The molecule has 2 aromatic heterocycles. The Bertz CT molecular complexity index is 2210. The second-order valence-electron chi connectivity index (χ2n) is 9.72. The second-order valence-corrected chi connectivity index (χ2v) is 9.72. The van der Waals surface area contributed by atoms with Crippen molar-refractivity contribution in [2.24, 2.45) is 0 Å². The number of furan rings is 1. The van der Waals surface area contributed by atoms with Crippen LogP contribution in [0.4, 0.5) is 0 Å². The Labute approximate surface area is 206 Å². The molecule has 8 aromatic rings. The molecule has 0 radical (unpaired) electrons. The van der Waals surface area contributed by atoms with Gasteiger partial charge in [-0.1, -0.05) is 78.9 Å². The summed E-state index contributed by atoms with van der Waals surface area (Å²) in [6.07, 6.45) is 0. The van der Waals surface area contributed by atoms with Crippen molar-refractivity contribution in [3.05, 3.63) is 115 Å². The third kappa shape index (κ3) is 2.18. The summed E-state index contributed by atoms with van der Waals surface area (Å²) in [6.45, 7) is 0. The molecule has 2 nitrogen and oxygen atoms in total. The van der Waals surface area contributed by atoms with E-state index in [1.807, 2.05) is 12.1 Å². The van der Waals surface area contributed by atoms with Crippen molar-refractivity contribution < 1.29 is 4.42 Å². The molecular weight excluding hydrogens is 438 g/mol. The molecule has 166 valence electrons. The molecule has 0 N–H and O–H groups in total. The minimum atomic E-state index is 0.916. The Hall–Kier alpha value is -4.82. The molecule has 0 spiro atoms. The van der Waals surface area contributed by atoms with E-state index in [4.69, 9.17) is 4.42 Å². The Balaban J connectivity index is 1.49. The summed E-state index contributed by atoms with van der Waals surface area (Å²) in [7, 11) is 0. The van der Waals surface area contributed by atoms with Gasteiger partial charge >= 0.3 is 0 Å². The van der Waals surface area contributed by atoms with Crippen LogP contribution < -0.4 is 0 Å². The molecule has 2 heteroatoms. The lowest BCUT2D eigenvalue weighted by atomic mass is 9.93. The van der Waals surface area contributed by atoms with Crippen LogP contribution in [0.15, 0.2) is 120 Å². The van der Waals surface area contributed by atoms with Crippen molar-refractivity contribution in [2.45, 2.75) is 0 Å². The summed E-state index contributed by atoms with van der Waals surface area (Å²) in [4.78, 5) is 0. The lowest BCUT2D eigenvalue weighted by molar-refractivity contribution is 0.668. The van der Waals surface area contributed by atoms with Crippen LogP contribution in [0.1, 0.15) is 0 Å². The molecule has 0 saturated heterocycles. The van der Waals surface area contributed by atoms with E-state index >= 15 is 0 Å². The molecule has 0 saturated carbocycles. The maximum absolute atomic E-state index is 6.27. The van der Waals surface area contributed by atoms with E-state index < -0.39 is 0 Å². The van der Waals surface area contributed by atoms with Crippen molar-refractivity contribution in [3.63, 3.8) is 0 Å². The zero-order valence-electron chi connectivity index (χ0n) is 19.3. The first-order chi connectivity index (χ1) is 17.9. The number of benzene rings is 6. The highest BCUT2D eigenvalue weighted by Gasteiger charge is 2.24. The molecular formula is C34H19NO. The van der Waals surface area contributed by atoms with Gasteiger partial charge in [0.2, 0.25) is 0 Å². The van der Waals surface area contributed by atoms with Gasteiger partial charge in [-0.15, -0.1) is 0 Å². The monoisotopic (exact) mass is 457 g/mol. The van der Waals surface area contributed by atoms with Crippen molar-refractivity contribution in [1.82, 2.24) is 4.57 Å². The van der Waals surface area contributed by atoms with Gasteiger partial charge in [0.1, 0.15) is 11.2 Å². The number of aromatic nitrogens is 1. The van der Waals surface area contributed by atoms with Crippen LogP contribution in [0, 0.1) is 0 Å². The predicted octanol–water partition coefficient (Wildman–Crippen LogP) is 9.48. The molecule has 2 heterocycles. The van der Waals surface area contributed by atoms with Crippen LogP contribution in [0.3, 0.4) is 0 Å². The minimum Gasteiger partial charge on any atom is -0.456 e. The highest BCUT2D eigenvalue weighted by atomic mass is 16.3. The van der Waals surface area contributed by atoms with Gasteiger partial charge in [0.25, 0.3) is 0 Å². The first-order valence-corrected chi connectivity index (χ1v) is 12.4. The van der Waals surface area contributed by atoms with E-state index in [0.29, 0.717) is 0 Å². The number of fused-ring (bicyclic) bond motifs is 6. The zero-order valence-corrected chi connectivity index (χ0v) is 19.3. The summed E-state index contributed by atoms with van der Waals surface area (Å²) in [5.74, 6) is 0. The number of para-hydroxylation sites is 1. The second kappa shape index (κ2) is 6.44. The van der Waals surface area contributed by atoms with E-state index in [1.54, 1.807) is 0 Å². The Morgan fingerprint density at radius 3 is 2.03 bits per heavy atom. The van der Waals surface area contributed by atoms with Gasteiger partial charge in [-0.05, 0) is 63.4 Å². The van der Waals surface area contributed by atoms with Gasteiger partial charge in [0.15, 0.2) is 0 Å². The largest absolute Gasteiger partial charge is 0.456 e. The molecule has 0 fully saturated rings. The third-order valence-electron chi connectivity index (χ3n) is 7.93. The van der Waals surface area contributed by atoms with Gasteiger partial charge in [0.05, 0.1) is 11.0 Å². The number of rotatable bonds is 1. The van der Waals surface area contributed by atoms with Crippen LogP contribution in [0.2, 0.25) is 0 Å². The molecule has 0 bridgehead atoms. The van der Waals surface area contributed by atoms with Gasteiger partial charge in [-0.3, -0.25) is 0 Å². The third-order valence-corrected chi connectivity index (χ3v) is 7.93. The molecule has 0 atom stereocenters. The van der Waals surface area contributed by atoms with Crippen LogP contribution in [-0.4, -0.2) is 4.57 Å². The van der Waals surface area contributed by atoms with Crippen molar-refractivity contribution in [3.8, 4) is 27.9 Å². The van der Waals surface area contributed by atoms with Crippen molar-refractivity contribution in [2.75, 3.05) is 0 Å². The first-order valence-electron chi connectivity index (χ1n) is 12.4. The Morgan fingerprint density at radius 2 is 1.14 bits per heavy atom. The van der Waals surface area contributed by atoms with Crippen LogP contribution in [-0.2, 0) is 0 Å². The van der Waals surface area contributed by atoms with Crippen LogP contribution >= 0.6 is 0 Å². The number of nitrogens with zero attached hydrogens (tertiary/aromatic N) is 1. The SMILES string of the molecule is c1ccc2c(c1)-c1cccc3ccc4c(c13)c1c-2cccc1n4-c1ccc2c(c1)oc1ccccc12. The molecule has 0 amide bonds. The van der Waals surface area contributed by atoms with E-state index in [0.717, 1.165) is 27.6 Å². The quantitative estimate of drug-likeness (QED) is 0.240. The number of hydrogen-bond donors (Lipinski definition) is 0. The summed E-state index contributed by atoms with van der Waals surface area (Å²) in [5, 5.41) is 7.57. The Morgan fingerprint density at radius 1 is 0.444 bits per heavy atom.